The molecule has 5 N–H and O–H groups in total. The highest BCUT2D eigenvalue weighted by Crippen LogP contribution is 2.20. The van der Waals surface area contributed by atoms with Gasteiger partial charge in [0.15, 0.2) is 0 Å². The van der Waals surface area contributed by atoms with E-state index in [2.05, 4.69) is 33.8 Å². The lowest BCUT2D eigenvalue weighted by Gasteiger charge is -2.01. The van der Waals surface area contributed by atoms with Crippen LogP contribution in [0.25, 0.3) is 11.0 Å². The number of aryl methyl sites for hydroxylation is 2. The van der Waals surface area contributed by atoms with E-state index >= 15 is 0 Å². The smallest absolute Gasteiger partial charge is 0.298 e. The fourth-order valence-corrected chi connectivity index (χ4v) is 1.93. The van der Waals surface area contributed by atoms with Crippen LogP contribution in [0.1, 0.15) is 11.4 Å². The number of aromatic nitrogens is 2. The number of anilines is 2. The molecule has 0 saturated heterocycles. The van der Waals surface area contributed by atoms with Crippen molar-refractivity contribution in [2.75, 3.05) is 11.5 Å². The van der Waals surface area contributed by atoms with Gasteiger partial charge < -0.3 is 21.2 Å². The van der Waals surface area contributed by atoms with Crippen LogP contribution in [0.15, 0.2) is 36.4 Å². The molecule has 0 saturated carbocycles. The van der Waals surface area contributed by atoms with E-state index in [-0.39, 0.29) is 0 Å². The summed E-state index contributed by atoms with van der Waals surface area (Å²) in [4.78, 5) is 17.4. The van der Waals surface area contributed by atoms with E-state index in [0.717, 1.165) is 16.9 Å². The number of carbonyl (C=O) groups is 1. The minimum Gasteiger partial charge on any atom is -0.429 e. The molecule has 0 fully saturated rings. The molecule has 3 rings (SSSR count). The molecule has 0 aliphatic carbocycles. The Bertz CT molecular complexity index is 796. The maximum absolute atomic E-state index is 9.88. The molecule has 0 spiro atoms. The van der Waals surface area contributed by atoms with Gasteiger partial charge in [0.05, 0.1) is 22.4 Å². The van der Waals surface area contributed by atoms with Gasteiger partial charge in [-0.05, 0) is 43.7 Å². The fraction of sp³-hybridized carbons (Fsp3) is 0.125. The molecule has 1 heterocycles. The summed E-state index contributed by atoms with van der Waals surface area (Å²) in [7, 11) is 0. The van der Waals surface area contributed by atoms with Crippen molar-refractivity contribution in [2.24, 2.45) is 0 Å². The average molecular weight is 298 g/mol. The van der Waals surface area contributed by atoms with Crippen LogP contribution in [-0.2, 0) is 4.79 Å². The zero-order valence-electron chi connectivity index (χ0n) is 12.5. The van der Waals surface area contributed by atoms with Crippen LogP contribution in [0.3, 0.4) is 0 Å². The first-order valence-corrected chi connectivity index (χ1v) is 6.68. The number of aromatic amines is 1. The van der Waals surface area contributed by atoms with Crippen LogP contribution in [0, 0.1) is 13.8 Å². The van der Waals surface area contributed by atoms with E-state index in [4.69, 9.17) is 11.5 Å². The summed E-state index contributed by atoms with van der Waals surface area (Å²) in [6, 6.07) is 10.9. The number of ether oxygens (including phenoxy) is 1. The lowest BCUT2D eigenvalue weighted by Crippen LogP contribution is -1.95. The SMILES string of the molecule is Cc1ccc2nc(C)[nH]c2c1.Nc1ccc(OC=O)cc1N. The summed E-state index contributed by atoms with van der Waals surface area (Å²) in [6.45, 7) is 4.38. The summed E-state index contributed by atoms with van der Waals surface area (Å²) >= 11 is 0. The number of rotatable bonds is 2. The van der Waals surface area contributed by atoms with Gasteiger partial charge >= 0.3 is 0 Å². The van der Waals surface area contributed by atoms with Crippen molar-refractivity contribution in [3.8, 4) is 5.75 Å². The quantitative estimate of drug-likeness (QED) is 0.498. The van der Waals surface area contributed by atoms with Crippen LogP contribution in [0.4, 0.5) is 11.4 Å². The zero-order valence-corrected chi connectivity index (χ0v) is 12.5. The molecule has 0 bridgehead atoms. The molecule has 114 valence electrons. The second-order valence-corrected chi connectivity index (χ2v) is 4.85. The molecule has 0 amide bonds. The maximum atomic E-state index is 9.88. The normalized spacial score (nSPS) is 9.91. The van der Waals surface area contributed by atoms with Crippen molar-refractivity contribution in [2.45, 2.75) is 13.8 Å². The van der Waals surface area contributed by atoms with Crippen molar-refractivity contribution < 1.29 is 9.53 Å². The van der Waals surface area contributed by atoms with E-state index in [9.17, 15) is 4.79 Å². The highest BCUT2D eigenvalue weighted by molar-refractivity contribution is 5.75. The van der Waals surface area contributed by atoms with Gasteiger partial charge in [0, 0.05) is 6.07 Å². The number of hydrogen-bond donors (Lipinski definition) is 3. The lowest BCUT2D eigenvalue weighted by molar-refractivity contribution is -0.120. The first-order chi connectivity index (χ1) is 10.5. The largest absolute Gasteiger partial charge is 0.429 e. The fourth-order valence-electron chi connectivity index (χ4n) is 1.93. The molecule has 6 nitrogen and oxygen atoms in total. The molecular formula is C16H18N4O2. The first-order valence-electron chi connectivity index (χ1n) is 6.68. The van der Waals surface area contributed by atoms with E-state index in [1.807, 2.05) is 13.0 Å². The molecular weight excluding hydrogens is 280 g/mol. The van der Waals surface area contributed by atoms with Crippen molar-refractivity contribution in [1.82, 2.24) is 9.97 Å². The van der Waals surface area contributed by atoms with E-state index in [1.165, 1.54) is 11.6 Å². The number of nitrogen functional groups attached to an aromatic ring is 2. The van der Waals surface area contributed by atoms with Gasteiger partial charge in [-0.2, -0.15) is 0 Å². The molecule has 0 aliphatic heterocycles. The second-order valence-electron chi connectivity index (χ2n) is 4.85. The third-order valence-corrected chi connectivity index (χ3v) is 3.00. The van der Waals surface area contributed by atoms with E-state index in [0.29, 0.717) is 23.6 Å². The lowest BCUT2D eigenvalue weighted by atomic mass is 10.2. The summed E-state index contributed by atoms with van der Waals surface area (Å²) in [6.07, 6.45) is 0. The number of carbonyl (C=O) groups excluding carboxylic acids is 1. The Hall–Kier alpha value is -3.02. The highest BCUT2D eigenvalue weighted by atomic mass is 16.5. The van der Waals surface area contributed by atoms with E-state index < -0.39 is 0 Å². The monoisotopic (exact) mass is 298 g/mol. The Balaban J connectivity index is 0.000000160. The molecule has 6 heteroatoms. The van der Waals surface area contributed by atoms with Crippen LogP contribution in [0.2, 0.25) is 0 Å². The van der Waals surface area contributed by atoms with Gasteiger partial charge in [0.25, 0.3) is 6.47 Å². The summed E-state index contributed by atoms with van der Waals surface area (Å²) in [5.74, 6) is 1.37. The van der Waals surface area contributed by atoms with Gasteiger partial charge in [-0.1, -0.05) is 6.07 Å². The van der Waals surface area contributed by atoms with Crippen molar-refractivity contribution in [1.29, 1.82) is 0 Å². The van der Waals surface area contributed by atoms with Gasteiger partial charge in [0.2, 0.25) is 0 Å². The number of hydrogen-bond acceptors (Lipinski definition) is 5. The topological polar surface area (TPSA) is 107 Å². The van der Waals surface area contributed by atoms with Crippen LogP contribution >= 0.6 is 0 Å². The highest BCUT2D eigenvalue weighted by Gasteiger charge is 1.97. The van der Waals surface area contributed by atoms with Gasteiger partial charge in [0.1, 0.15) is 11.6 Å². The third-order valence-electron chi connectivity index (χ3n) is 3.00. The molecule has 0 aliphatic rings. The molecule has 3 aromatic rings. The van der Waals surface area contributed by atoms with Crippen LogP contribution < -0.4 is 16.2 Å². The predicted octanol–water partition coefficient (Wildman–Crippen LogP) is 2.57. The Kier molecular flexibility index (Phi) is 4.63. The minimum atomic E-state index is 0.338. The Morgan fingerprint density at radius 2 is 1.86 bits per heavy atom. The number of fused-ring (bicyclic) bond motifs is 1. The summed E-state index contributed by atoms with van der Waals surface area (Å²) < 4.78 is 4.53. The van der Waals surface area contributed by atoms with Crippen molar-refractivity contribution in [3.05, 3.63) is 47.8 Å². The van der Waals surface area contributed by atoms with Crippen molar-refractivity contribution >= 4 is 28.9 Å². The molecule has 1 aromatic heterocycles. The minimum absolute atomic E-state index is 0.338. The number of nitrogens with zero attached hydrogens (tertiary/aromatic N) is 1. The van der Waals surface area contributed by atoms with Gasteiger partial charge in [-0.15, -0.1) is 0 Å². The zero-order chi connectivity index (χ0) is 16.1. The molecule has 0 atom stereocenters. The number of nitrogens with two attached hydrogens (primary N) is 2. The van der Waals surface area contributed by atoms with Gasteiger partial charge in [-0.3, -0.25) is 4.79 Å². The Morgan fingerprint density at radius 3 is 2.55 bits per heavy atom. The van der Waals surface area contributed by atoms with Crippen molar-refractivity contribution in [3.63, 3.8) is 0 Å². The number of nitrogens with one attached hydrogen (secondary N) is 1. The Morgan fingerprint density at radius 1 is 1.09 bits per heavy atom. The Labute approximate surface area is 128 Å². The van der Waals surface area contributed by atoms with Crippen LogP contribution in [0.5, 0.6) is 5.75 Å². The maximum Gasteiger partial charge on any atom is 0.298 e. The van der Waals surface area contributed by atoms with Gasteiger partial charge in [-0.25, -0.2) is 4.98 Å². The standard InChI is InChI=1S/C9H10N2.C7H8N2O2/c1-6-3-4-8-9(5-6)11-7(2)10-8;8-6-2-1-5(11-4-10)3-7(6)9/h3-5H,1-2H3,(H,10,11);1-4H,8-9H2. The van der Waals surface area contributed by atoms with E-state index in [1.54, 1.807) is 12.1 Å². The average Bonchev–Trinajstić information content (AvgIpc) is 2.83. The summed E-state index contributed by atoms with van der Waals surface area (Å²) in [5.41, 5.74) is 15.2. The number of imidazole rings is 1. The summed E-state index contributed by atoms with van der Waals surface area (Å²) in [5, 5.41) is 0. The molecule has 22 heavy (non-hydrogen) atoms. The predicted molar refractivity (Wildman–Crippen MR) is 87.5 cm³/mol. The first kappa shape index (κ1) is 15.4. The number of H-pyrrole nitrogens is 1. The molecule has 0 radical (unpaired) electrons. The molecule has 2 aromatic carbocycles. The van der Waals surface area contributed by atoms with Crippen LogP contribution in [-0.4, -0.2) is 16.4 Å². The number of benzene rings is 2. The third kappa shape index (κ3) is 3.76. The second kappa shape index (κ2) is 6.62. The molecule has 0 unspecified atom stereocenters.